The van der Waals surface area contributed by atoms with Crippen LogP contribution in [0, 0.1) is 0 Å². The van der Waals surface area contributed by atoms with Gasteiger partial charge in [-0.25, -0.2) is 0 Å². The highest BCUT2D eigenvalue weighted by molar-refractivity contribution is 5.20. The Hall–Kier alpha value is -0.940. The largest absolute Gasteiger partial charge is 0.379 e. The maximum atomic E-state index is 6.06. The standard InChI is InChI=1S/C16H24O4.C2H6/c1-11(17-4)13-15(20-16(2,3)19-13)14(18-5)12-9-7-6-8-10-12;1-2/h6-11,13-15H,1-5H3;1-2H3/t11-,13+,14-,15-;/m1./s1. The minimum absolute atomic E-state index is 0.0665. The van der Waals surface area contributed by atoms with Gasteiger partial charge in [0.05, 0.1) is 6.10 Å². The third kappa shape index (κ3) is 4.53. The van der Waals surface area contributed by atoms with Gasteiger partial charge in [-0.15, -0.1) is 0 Å². The van der Waals surface area contributed by atoms with E-state index in [1.807, 2.05) is 65.0 Å². The Morgan fingerprint density at radius 1 is 0.955 bits per heavy atom. The van der Waals surface area contributed by atoms with E-state index in [2.05, 4.69) is 0 Å². The van der Waals surface area contributed by atoms with Gasteiger partial charge in [0.1, 0.15) is 18.3 Å². The zero-order valence-corrected chi connectivity index (χ0v) is 14.8. The molecule has 1 aliphatic rings. The molecule has 0 aromatic heterocycles. The van der Waals surface area contributed by atoms with Crippen LogP contribution in [0.1, 0.15) is 46.3 Å². The monoisotopic (exact) mass is 310 g/mol. The molecule has 0 unspecified atom stereocenters. The molecule has 1 heterocycles. The summed E-state index contributed by atoms with van der Waals surface area (Å²) in [5.41, 5.74) is 1.08. The molecule has 0 amide bonds. The zero-order valence-electron chi connectivity index (χ0n) is 14.8. The van der Waals surface area contributed by atoms with E-state index in [1.165, 1.54) is 0 Å². The summed E-state index contributed by atoms with van der Waals surface area (Å²) in [7, 11) is 3.38. The molecule has 0 radical (unpaired) electrons. The van der Waals surface area contributed by atoms with Gasteiger partial charge in [0.25, 0.3) is 0 Å². The van der Waals surface area contributed by atoms with Crippen molar-refractivity contribution >= 4 is 0 Å². The molecule has 0 bridgehead atoms. The van der Waals surface area contributed by atoms with Crippen LogP contribution in [0.2, 0.25) is 0 Å². The normalized spacial score (nSPS) is 26.0. The van der Waals surface area contributed by atoms with Gasteiger partial charge in [0.2, 0.25) is 0 Å². The van der Waals surface area contributed by atoms with Crippen molar-refractivity contribution in [2.24, 2.45) is 0 Å². The van der Waals surface area contributed by atoms with Crippen LogP contribution in [0.5, 0.6) is 0 Å². The average Bonchev–Trinajstić information content (AvgIpc) is 2.86. The van der Waals surface area contributed by atoms with Crippen molar-refractivity contribution in [1.29, 1.82) is 0 Å². The van der Waals surface area contributed by atoms with Crippen LogP contribution in [0.15, 0.2) is 30.3 Å². The molecule has 126 valence electrons. The van der Waals surface area contributed by atoms with Gasteiger partial charge >= 0.3 is 0 Å². The van der Waals surface area contributed by atoms with E-state index < -0.39 is 5.79 Å². The van der Waals surface area contributed by atoms with E-state index >= 15 is 0 Å². The molecule has 0 aliphatic carbocycles. The van der Waals surface area contributed by atoms with E-state index in [4.69, 9.17) is 18.9 Å². The molecule has 1 aromatic rings. The lowest BCUT2D eigenvalue weighted by atomic mass is 9.98. The van der Waals surface area contributed by atoms with Crippen molar-refractivity contribution in [1.82, 2.24) is 0 Å². The van der Waals surface area contributed by atoms with Gasteiger partial charge in [-0.1, -0.05) is 44.2 Å². The first-order valence-corrected chi connectivity index (χ1v) is 7.94. The molecule has 0 N–H and O–H groups in total. The topological polar surface area (TPSA) is 36.9 Å². The number of hydrogen-bond donors (Lipinski definition) is 0. The molecule has 1 fully saturated rings. The van der Waals surface area contributed by atoms with Gasteiger partial charge in [-0.3, -0.25) is 0 Å². The van der Waals surface area contributed by atoms with Crippen LogP contribution in [-0.4, -0.2) is 38.3 Å². The smallest absolute Gasteiger partial charge is 0.164 e. The average molecular weight is 310 g/mol. The summed E-state index contributed by atoms with van der Waals surface area (Å²) in [5, 5.41) is 0. The summed E-state index contributed by atoms with van der Waals surface area (Å²) in [4.78, 5) is 0. The Morgan fingerprint density at radius 2 is 1.50 bits per heavy atom. The van der Waals surface area contributed by atoms with Crippen LogP contribution in [0.4, 0.5) is 0 Å². The molecule has 22 heavy (non-hydrogen) atoms. The predicted molar refractivity (Wildman–Crippen MR) is 87.8 cm³/mol. The van der Waals surface area contributed by atoms with E-state index in [0.717, 1.165) is 5.56 Å². The molecule has 1 aromatic carbocycles. The highest BCUT2D eigenvalue weighted by atomic mass is 16.8. The maximum Gasteiger partial charge on any atom is 0.164 e. The Bertz CT molecular complexity index is 418. The quantitative estimate of drug-likeness (QED) is 0.825. The Kier molecular flexibility index (Phi) is 7.49. The van der Waals surface area contributed by atoms with Crippen LogP contribution in [0.25, 0.3) is 0 Å². The number of rotatable bonds is 5. The Labute approximate surface area is 134 Å². The van der Waals surface area contributed by atoms with E-state index in [9.17, 15) is 0 Å². The van der Waals surface area contributed by atoms with E-state index in [0.29, 0.717) is 0 Å². The van der Waals surface area contributed by atoms with Crippen LogP contribution in [-0.2, 0) is 18.9 Å². The Morgan fingerprint density at radius 3 is 2.00 bits per heavy atom. The van der Waals surface area contributed by atoms with Gasteiger partial charge in [-0.05, 0) is 26.3 Å². The summed E-state index contributed by atoms with van der Waals surface area (Å²) in [5.74, 6) is -0.631. The number of hydrogen-bond acceptors (Lipinski definition) is 4. The third-order valence-corrected chi connectivity index (χ3v) is 3.68. The molecule has 0 saturated carbocycles. The number of methoxy groups -OCH3 is 2. The summed E-state index contributed by atoms with van der Waals surface area (Å²) < 4.78 is 23.2. The minimum atomic E-state index is -0.631. The van der Waals surface area contributed by atoms with Crippen molar-refractivity contribution in [3.63, 3.8) is 0 Å². The highest BCUT2D eigenvalue weighted by Gasteiger charge is 2.48. The molecular formula is C18H30O4. The summed E-state index contributed by atoms with van der Waals surface area (Å²) in [6, 6.07) is 10.1. The lowest BCUT2D eigenvalue weighted by Gasteiger charge is -2.28. The summed E-state index contributed by atoms with van der Waals surface area (Å²) >= 11 is 0. The third-order valence-electron chi connectivity index (χ3n) is 3.68. The predicted octanol–water partition coefficient (Wildman–Crippen LogP) is 3.96. The van der Waals surface area contributed by atoms with E-state index in [1.54, 1.807) is 14.2 Å². The van der Waals surface area contributed by atoms with Gasteiger partial charge in [-0.2, -0.15) is 0 Å². The van der Waals surface area contributed by atoms with Crippen LogP contribution >= 0.6 is 0 Å². The van der Waals surface area contributed by atoms with Crippen molar-refractivity contribution < 1.29 is 18.9 Å². The lowest BCUT2D eigenvalue weighted by molar-refractivity contribution is -0.162. The maximum absolute atomic E-state index is 6.06. The second-order valence-corrected chi connectivity index (χ2v) is 5.57. The van der Waals surface area contributed by atoms with Crippen LogP contribution < -0.4 is 0 Å². The highest BCUT2D eigenvalue weighted by Crippen LogP contribution is 2.38. The van der Waals surface area contributed by atoms with Crippen LogP contribution in [0.3, 0.4) is 0 Å². The fourth-order valence-electron chi connectivity index (χ4n) is 2.65. The fraction of sp³-hybridized carbons (Fsp3) is 0.667. The number of ether oxygens (including phenoxy) is 4. The number of benzene rings is 1. The van der Waals surface area contributed by atoms with Gasteiger partial charge < -0.3 is 18.9 Å². The SMILES string of the molecule is CC.CO[C@H](c1ccccc1)[C@@H]1OC(C)(C)O[C@H]1[C@@H](C)OC. The molecular weight excluding hydrogens is 280 g/mol. The molecule has 2 rings (SSSR count). The fourth-order valence-corrected chi connectivity index (χ4v) is 2.65. The summed E-state index contributed by atoms with van der Waals surface area (Å²) in [6.07, 6.45) is -0.615. The molecule has 4 nitrogen and oxygen atoms in total. The molecule has 1 aliphatic heterocycles. The van der Waals surface area contributed by atoms with Crippen molar-refractivity contribution in [2.45, 2.75) is 64.8 Å². The van der Waals surface area contributed by atoms with Gasteiger partial charge in [0.15, 0.2) is 5.79 Å². The second-order valence-electron chi connectivity index (χ2n) is 5.57. The Balaban J connectivity index is 0.00000116. The van der Waals surface area contributed by atoms with Crippen molar-refractivity contribution in [2.75, 3.05) is 14.2 Å². The zero-order chi connectivity index (χ0) is 16.8. The molecule has 4 atom stereocenters. The summed E-state index contributed by atoms with van der Waals surface area (Å²) in [6.45, 7) is 9.82. The molecule has 0 spiro atoms. The first kappa shape index (κ1) is 19.1. The molecule has 4 heteroatoms. The van der Waals surface area contributed by atoms with Crippen molar-refractivity contribution in [3.05, 3.63) is 35.9 Å². The molecule has 1 saturated heterocycles. The van der Waals surface area contributed by atoms with Crippen molar-refractivity contribution in [3.8, 4) is 0 Å². The second kappa shape index (κ2) is 8.63. The first-order chi connectivity index (χ1) is 10.5. The minimum Gasteiger partial charge on any atom is -0.379 e. The first-order valence-electron chi connectivity index (χ1n) is 7.94. The lowest BCUT2D eigenvalue weighted by Crippen LogP contribution is -2.38. The van der Waals surface area contributed by atoms with E-state index in [-0.39, 0.29) is 24.4 Å². The van der Waals surface area contributed by atoms with Gasteiger partial charge in [0, 0.05) is 14.2 Å².